The second-order valence-corrected chi connectivity index (χ2v) is 8.38. The van der Waals surface area contributed by atoms with Crippen molar-refractivity contribution >= 4 is 28.8 Å². The molecule has 2 heterocycles. The largest absolute Gasteiger partial charge is 0.456 e. The maximum absolute atomic E-state index is 15.0. The molecule has 9 heteroatoms. The number of esters is 3. The smallest absolute Gasteiger partial charge is 0.303 e. The van der Waals surface area contributed by atoms with Gasteiger partial charge in [0.05, 0.1) is 12.1 Å². The quantitative estimate of drug-likeness (QED) is 0.390. The van der Waals surface area contributed by atoms with E-state index in [1.54, 1.807) is 22.9 Å². The molecule has 4 rings (SSSR count). The van der Waals surface area contributed by atoms with Crippen LogP contribution in [0.3, 0.4) is 0 Å². The molecule has 4 atom stereocenters. The highest BCUT2D eigenvalue weighted by atomic mass is 19.1. The number of aromatic nitrogens is 1. The monoisotopic (exact) mass is 483 g/mol. The lowest BCUT2D eigenvalue weighted by molar-refractivity contribution is -0.239. The van der Waals surface area contributed by atoms with Gasteiger partial charge < -0.3 is 23.5 Å². The fraction of sp³-hybridized carbons (Fsp3) is 0.346. The van der Waals surface area contributed by atoms with Crippen molar-refractivity contribution in [1.82, 2.24) is 4.57 Å². The highest BCUT2D eigenvalue weighted by Crippen LogP contribution is 2.36. The average Bonchev–Trinajstić information content (AvgIpc) is 3.15. The number of fused-ring (bicyclic) bond motifs is 1. The van der Waals surface area contributed by atoms with Crippen LogP contribution in [0.25, 0.3) is 10.9 Å². The van der Waals surface area contributed by atoms with Gasteiger partial charge in [-0.05, 0) is 29.7 Å². The minimum Gasteiger partial charge on any atom is -0.456 e. The molecule has 1 aromatic heterocycles. The Kier molecular flexibility index (Phi) is 7.16. The molecule has 0 unspecified atom stereocenters. The van der Waals surface area contributed by atoms with Gasteiger partial charge in [-0.25, -0.2) is 4.39 Å². The zero-order valence-electron chi connectivity index (χ0n) is 19.6. The fourth-order valence-electron chi connectivity index (χ4n) is 4.47. The first-order valence-electron chi connectivity index (χ1n) is 11.2. The molecular formula is C26H26FNO7. The van der Waals surface area contributed by atoms with Gasteiger partial charge in [0.15, 0.2) is 24.5 Å². The summed E-state index contributed by atoms with van der Waals surface area (Å²) in [5.41, 5.74) is 2.22. The van der Waals surface area contributed by atoms with Gasteiger partial charge in [0, 0.05) is 32.4 Å². The van der Waals surface area contributed by atoms with Crippen molar-refractivity contribution in [2.75, 3.05) is 6.61 Å². The molecule has 3 aromatic rings. The molecule has 0 bridgehead atoms. The van der Waals surface area contributed by atoms with Gasteiger partial charge in [0.2, 0.25) is 0 Å². The highest BCUT2D eigenvalue weighted by Gasteiger charge is 2.48. The zero-order valence-corrected chi connectivity index (χ0v) is 19.6. The van der Waals surface area contributed by atoms with E-state index in [1.807, 2.05) is 30.3 Å². The van der Waals surface area contributed by atoms with Crippen molar-refractivity contribution in [3.05, 3.63) is 71.7 Å². The van der Waals surface area contributed by atoms with E-state index in [1.165, 1.54) is 26.8 Å². The zero-order chi connectivity index (χ0) is 25.1. The molecule has 1 aliphatic heterocycles. The Morgan fingerprint density at radius 2 is 1.57 bits per heavy atom. The lowest BCUT2D eigenvalue weighted by Crippen LogP contribution is -2.55. The summed E-state index contributed by atoms with van der Waals surface area (Å²) in [5.74, 6) is -2.29. The third-order valence-corrected chi connectivity index (χ3v) is 5.72. The first-order valence-corrected chi connectivity index (χ1v) is 11.2. The van der Waals surface area contributed by atoms with Crippen molar-refractivity contribution in [3.63, 3.8) is 0 Å². The molecule has 1 fully saturated rings. The number of nitrogens with zero attached hydrogens (tertiary/aromatic N) is 1. The first-order chi connectivity index (χ1) is 16.7. The maximum Gasteiger partial charge on any atom is 0.303 e. The number of carbonyl (C=O) groups excluding carboxylic acids is 3. The van der Waals surface area contributed by atoms with Crippen molar-refractivity contribution in [2.24, 2.45) is 0 Å². The summed E-state index contributed by atoms with van der Waals surface area (Å²) >= 11 is 0. The number of ether oxygens (including phenoxy) is 4. The molecule has 8 nitrogen and oxygen atoms in total. The van der Waals surface area contributed by atoms with Crippen LogP contribution in [0.15, 0.2) is 54.7 Å². The highest BCUT2D eigenvalue weighted by molar-refractivity contribution is 5.85. The summed E-state index contributed by atoms with van der Waals surface area (Å²) in [5, 5.41) is 0.410. The standard InChI is InChI=1S/C26H26FNO7/c1-15(29)33-22-14-32-26(25(35-17(3)31)24(22)34-16(2)30)28-13-19(12-18-8-5-4-6-9-18)23-20(27)10-7-11-21(23)28/h4-11,13,22,24-26H,12,14H2,1-3H3/t22-,24+,25-,26-/m1/s1. The number of carbonyl (C=O) groups is 3. The predicted molar refractivity (Wildman–Crippen MR) is 123 cm³/mol. The van der Waals surface area contributed by atoms with Gasteiger partial charge in [0.25, 0.3) is 0 Å². The summed E-state index contributed by atoms with van der Waals surface area (Å²) < 4.78 is 39.0. The van der Waals surface area contributed by atoms with E-state index in [2.05, 4.69) is 0 Å². The average molecular weight is 483 g/mol. The van der Waals surface area contributed by atoms with E-state index in [9.17, 15) is 14.4 Å². The second-order valence-electron chi connectivity index (χ2n) is 8.38. The summed E-state index contributed by atoms with van der Waals surface area (Å²) in [7, 11) is 0. The van der Waals surface area contributed by atoms with E-state index in [0.717, 1.165) is 5.56 Å². The Morgan fingerprint density at radius 3 is 2.23 bits per heavy atom. The Balaban J connectivity index is 1.80. The fourth-order valence-corrected chi connectivity index (χ4v) is 4.47. The van der Waals surface area contributed by atoms with Gasteiger partial charge in [-0.3, -0.25) is 14.4 Å². The molecule has 0 saturated carbocycles. The number of hydrogen-bond acceptors (Lipinski definition) is 7. The van der Waals surface area contributed by atoms with E-state index in [-0.39, 0.29) is 6.61 Å². The van der Waals surface area contributed by atoms with Crippen LogP contribution < -0.4 is 0 Å². The van der Waals surface area contributed by atoms with E-state index >= 15 is 4.39 Å². The summed E-state index contributed by atoms with van der Waals surface area (Å²) in [6.07, 6.45) is -2.03. The number of rotatable bonds is 6. The van der Waals surface area contributed by atoms with Gasteiger partial charge in [-0.2, -0.15) is 0 Å². The van der Waals surface area contributed by atoms with Gasteiger partial charge in [0.1, 0.15) is 5.82 Å². The Bertz CT molecular complexity index is 1240. The predicted octanol–water partition coefficient (Wildman–Crippen LogP) is 3.70. The molecule has 0 aliphatic carbocycles. The molecular weight excluding hydrogens is 457 g/mol. The molecule has 0 amide bonds. The molecule has 1 aliphatic rings. The Morgan fingerprint density at radius 1 is 0.914 bits per heavy atom. The van der Waals surface area contributed by atoms with Crippen LogP contribution in [-0.4, -0.2) is 47.4 Å². The minimum absolute atomic E-state index is 0.122. The Hall–Kier alpha value is -3.72. The topological polar surface area (TPSA) is 93.1 Å². The SMILES string of the molecule is CC(=O)O[C@@H]1[C@@H](OC(C)=O)[C@H](OC(C)=O)CO[C@H]1n1cc(Cc2ccccc2)c2c(F)cccc21. The first kappa shape index (κ1) is 24.4. The van der Waals surface area contributed by atoms with Crippen molar-refractivity contribution in [2.45, 2.75) is 51.7 Å². The van der Waals surface area contributed by atoms with E-state index in [0.29, 0.717) is 22.9 Å². The maximum atomic E-state index is 15.0. The lowest BCUT2D eigenvalue weighted by Gasteiger charge is -2.41. The molecule has 0 N–H and O–H groups in total. The van der Waals surface area contributed by atoms with Gasteiger partial charge >= 0.3 is 17.9 Å². The summed E-state index contributed by atoms with van der Waals surface area (Å²) in [6.45, 7) is 3.52. The lowest BCUT2D eigenvalue weighted by atomic mass is 10.0. The number of hydrogen-bond donors (Lipinski definition) is 0. The van der Waals surface area contributed by atoms with Crippen LogP contribution in [0.1, 0.15) is 38.1 Å². The molecule has 2 aromatic carbocycles. The van der Waals surface area contributed by atoms with Gasteiger partial charge in [-0.15, -0.1) is 0 Å². The van der Waals surface area contributed by atoms with Crippen molar-refractivity contribution < 1.29 is 37.7 Å². The minimum atomic E-state index is -1.15. The second kappa shape index (κ2) is 10.3. The van der Waals surface area contributed by atoms with Crippen LogP contribution in [0.5, 0.6) is 0 Å². The van der Waals surface area contributed by atoms with Crippen LogP contribution in [0.2, 0.25) is 0 Å². The van der Waals surface area contributed by atoms with Gasteiger partial charge in [-0.1, -0.05) is 36.4 Å². The third-order valence-electron chi connectivity index (χ3n) is 5.72. The molecule has 184 valence electrons. The molecule has 1 saturated heterocycles. The number of benzene rings is 2. The summed E-state index contributed by atoms with van der Waals surface area (Å²) in [4.78, 5) is 35.5. The summed E-state index contributed by atoms with van der Waals surface area (Å²) in [6, 6.07) is 14.3. The van der Waals surface area contributed by atoms with Crippen molar-refractivity contribution in [3.8, 4) is 0 Å². The number of halogens is 1. The van der Waals surface area contributed by atoms with Crippen LogP contribution in [0, 0.1) is 5.82 Å². The van der Waals surface area contributed by atoms with Crippen molar-refractivity contribution in [1.29, 1.82) is 0 Å². The van der Waals surface area contributed by atoms with Crippen LogP contribution >= 0.6 is 0 Å². The third kappa shape index (κ3) is 5.35. The molecule has 0 spiro atoms. The normalized spacial score (nSPS) is 21.9. The molecule has 0 radical (unpaired) electrons. The Labute approximate surface area is 201 Å². The van der Waals surface area contributed by atoms with Crippen LogP contribution in [0.4, 0.5) is 4.39 Å². The molecule has 35 heavy (non-hydrogen) atoms. The van der Waals surface area contributed by atoms with E-state index in [4.69, 9.17) is 18.9 Å². The van der Waals surface area contributed by atoms with Crippen LogP contribution in [-0.2, 0) is 39.8 Å². The van der Waals surface area contributed by atoms with E-state index < -0.39 is 48.3 Å².